The Labute approximate surface area is 199 Å². The minimum absolute atomic E-state index is 0.174. The number of carbonyl (C=O) groups is 1. The van der Waals surface area contributed by atoms with Gasteiger partial charge in [-0.1, -0.05) is 47.3 Å². The van der Waals surface area contributed by atoms with E-state index in [-0.39, 0.29) is 29.4 Å². The zero-order valence-corrected chi connectivity index (χ0v) is 21.0. The Hall–Kier alpha value is -1.90. The van der Waals surface area contributed by atoms with Crippen LogP contribution in [0.4, 0.5) is 0 Å². The molecule has 1 atom stereocenters. The quantitative estimate of drug-likeness (QED) is 0.499. The van der Waals surface area contributed by atoms with Gasteiger partial charge in [0.25, 0.3) is 0 Å². The number of nitrogens with one attached hydrogen (secondary N) is 1. The van der Waals surface area contributed by atoms with E-state index in [4.69, 9.17) is 4.74 Å². The molecular weight excluding hydrogens is 492 g/mol. The molecule has 174 valence electrons. The van der Waals surface area contributed by atoms with Crippen molar-refractivity contribution >= 4 is 31.9 Å². The molecular formula is C24H31BrN2O4S. The van der Waals surface area contributed by atoms with Crippen LogP contribution >= 0.6 is 15.9 Å². The molecule has 8 heteroatoms. The predicted octanol–water partition coefficient (Wildman–Crippen LogP) is 5.05. The molecule has 1 saturated carbocycles. The van der Waals surface area contributed by atoms with Gasteiger partial charge in [-0.05, 0) is 68.7 Å². The van der Waals surface area contributed by atoms with E-state index in [1.807, 2.05) is 38.1 Å². The second-order valence-electron chi connectivity index (χ2n) is 8.09. The molecule has 32 heavy (non-hydrogen) atoms. The lowest BCUT2D eigenvalue weighted by Gasteiger charge is -2.33. The zero-order chi connectivity index (χ0) is 23.1. The van der Waals surface area contributed by atoms with Crippen molar-refractivity contribution in [3.8, 4) is 5.75 Å². The van der Waals surface area contributed by atoms with Crippen LogP contribution in [-0.2, 0) is 14.8 Å². The Kier molecular flexibility index (Phi) is 8.73. The number of benzene rings is 2. The first-order chi connectivity index (χ1) is 15.3. The smallest absolute Gasteiger partial charge is 0.243 e. The number of ether oxygens (including phenoxy) is 1. The average molecular weight is 523 g/mol. The number of carbonyl (C=O) groups excluding carboxylic acids is 1. The minimum Gasteiger partial charge on any atom is -0.494 e. The lowest BCUT2D eigenvalue weighted by molar-refractivity contribution is -0.122. The van der Waals surface area contributed by atoms with E-state index < -0.39 is 10.0 Å². The molecule has 0 aromatic heterocycles. The number of nitrogens with zero attached hydrogens (tertiary/aromatic N) is 1. The van der Waals surface area contributed by atoms with Gasteiger partial charge in [0.15, 0.2) is 0 Å². The summed E-state index contributed by atoms with van der Waals surface area (Å²) in [6.45, 7) is 4.09. The summed E-state index contributed by atoms with van der Waals surface area (Å²) in [6.07, 6.45) is 4.57. The number of amides is 1. The van der Waals surface area contributed by atoms with Gasteiger partial charge < -0.3 is 10.1 Å². The summed E-state index contributed by atoms with van der Waals surface area (Å²) in [5.41, 5.74) is 0.950. The number of rotatable bonds is 9. The van der Waals surface area contributed by atoms with E-state index in [0.29, 0.717) is 12.4 Å². The molecule has 1 fully saturated rings. The van der Waals surface area contributed by atoms with Gasteiger partial charge in [-0.3, -0.25) is 4.79 Å². The van der Waals surface area contributed by atoms with Crippen molar-refractivity contribution in [3.63, 3.8) is 0 Å². The molecule has 1 aliphatic rings. The molecule has 1 aliphatic carbocycles. The van der Waals surface area contributed by atoms with E-state index in [2.05, 4.69) is 21.2 Å². The molecule has 1 amide bonds. The van der Waals surface area contributed by atoms with Gasteiger partial charge >= 0.3 is 0 Å². The highest BCUT2D eigenvalue weighted by Gasteiger charge is 2.34. The van der Waals surface area contributed by atoms with E-state index >= 15 is 0 Å². The largest absolute Gasteiger partial charge is 0.494 e. The Morgan fingerprint density at radius 1 is 1.16 bits per heavy atom. The third kappa shape index (κ3) is 6.33. The van der Waals surface area contributed by atoms with Crippen molar-refractivity contribution in [1.82, 2.24) is 9.62 Å². The van der Waals surface area contributed by atoms with Crippen molar-refractivity contribution < 1.29 is 17.9 Å². The summed E-state index contributed by atoms with van der Waals surface area (Å²) < 4.78 is 34.8. The third-order valence-corrected chi connectivity index (χ3v) is 8.15. The SMILES string of the molecule is CCOc1ccc(S(=O)(=O)N(CC(=O)NC(C)c2cccc(Br)c2)C2CCCCC2)cc1. The van der Waals surface area contributed by atoms with E-state index in [9.17, 15) is 13.2 Å². The highest BCUT2D eigenvalue weighted by molar-refractivity contribution is 9.10. The van der Waals surface area contributed by atoms with Gasteiger partial charge in [0.2, 0.25) is 15.9 Å². The van der Waals surface area contributed by atoms with E-state index in [0.717, 1.165) is 42.1 Å². The summed E-state index contributed by atoms with van der Waals surface area (Å²) >= 11 is 3.45. The van der Waals surface area contributed by atoms with Crippen molar-refractivity contribution in [2.45, 2.75) is 62.9 Å². The standard InChI is InChI=1S/C24H31BrN2O4S/c1-3-31-22-12-14-23(15-13-22)32(29,30)27(21-10-5-4-6-11-21)17-24(28)26-18(2)19-8-7-9-20(25)16-19/h7-9,12-16,18,21H,3-6,10-11,17H2,1-2H3,(H,26,28). The van der Waals surface area contributed by atoms with Crippen LogP contribution in [0.25, 0.3) is 0 Å². The first kappa shape index (κ1) is 24.7. The fourth-order valence-electron chi connectivity index (χ4n) is 4.08. The molecule has 0 aliphatic heterocycles. The van der Waals surface area contributed by atoms with Gasteiger partial charge in [0.1, 0.15) is 5.75 Å². The van der Waals surface area contributed by atoms with Crippen LogP contribution in [0.2, 0.25) is 0 Å². The molecule has 0 saturated heterocycles. The Morgan fingerprint density at radius 3 is 2.47 bits per heavy atom. The van der Waals surface area contributed by atoms with Gasteiger partial charge in [-0.2, -0.15) is 4.31 Å². The normalized spacial score (nSPS) is 16.0. The molecule has 6 nitrogen and oxygen atoms in total. The fraction of sp³-hybridized carbons (Fsp3) is 0.458. The van der Waals surface area contributed by atoms with Crippen LogP contribution in [-0.4, -0.2) is 37.8 Å². The minimum atomic E-state index is -3.83. The molecule has 0 bridgehead atoms. The monoisotopic (exact) mass is 522 g/mol. The fourth-order valence-corrected chi connectivity index (χ4v) is 6.14. The number of hydrogen-bond donors (Lipinski definition) is 1. The van der Waals surface area contributed by atoms with Crippen molar-refractivity contribution in [2.24, 2.45) is 0 Å². The maximum absolute atomic E-state index is 13.5. The molecule has 0 heterocycles. The number of sulfonamides is 1. The van der Waals surface area contributed by atoms with Crippen LogP contribution in [0.5, 0.6) is 5.75 Å². The maximum Gasteiger partial charge on any atom is 0.243 e. The van der Waals surface area contributed by atoms with Gasteiger partial charge in [0.05, 0.1) is 24.1 Å². The molecule has 1 unspecified atom stereocenters. The number of hydrogen-bond acceptors (Lipinski definition) is 4. The lowest BCUT2D eigenvalue weighted by Crippen LogP contribution is -2.47. The highest BCUT2D eigenvalue weighted by atomic mass is 79.9. The van der Waals surface area contributed by atoms with Gasteiger partial charge in [-0.15, -0.1) is 0 Å². The molecule has 1 N–H and O–H groups in total. The van der Waals surface area contributed by atoms with E-state index in [1.165, 1.54) is 4.31 Å². The Balaban J connectivity index is 1.79. The average Bonchev–Trinajstić information content (AvgIpc) is 2.78. The predicted molar refractivity (Wildman–Crippen MR) is 129 cm³/mol. The third-order valence-electron chi connectivity index (χ3n) is 5.75. The molecule has 0 radical (unpaired) electrons. The Morgan fingerprint density at radius 2 is 1.84 bits per heavy atom. The summed E-state index contributed by atoms with van der Waals surface area (Å²) in [6, 6.07) is 13.7. The maximum atomic E-state index is 13.5. The molecule has 3 rings (SSSR count). The molecule has 2 aromatic rings. The zero-order valence-electron chi connectivity index (χ0n) is 18.6. The highest BCUT2D eigenvalue weighted by Crippen LogP contribution is 2.29. The van der Waals surface area contributed by atoms with Crippen molar-refractivity contribution in [1.29, 1.82) is 0 Å². The first-order valence-electron chi connectivity index (χ1n) is 11.1. The van der Waals surface area contributed by atoms with Crippen LogP contribution < -0.4 is 10.1 Å². The van der Waals surface area contributed by atoms with Crippen LogP contribution in [0.3, 0.4) is 0 Å². The van der Waals surface area contributed by atoms with Gasteiger partial charge in [0, 0.05) is 10.5 Å². The van der Waals surface area contributed by atoms with Gasteiger partial charge in [-0.25, -0.2) is 8.42 Å². The van der Waals surface area contributed by atoms with Crippen LogP contribution in [0.1, 0.15) is 57.6 Å². The summed E-state index contributed by atoms with van der Waals surface area (Å²) in [4.78, 5) is 13.1. The second kappa shape index (κ2) is 11.3. The van der Waals surface area contributed by atoms with Crippen LogP contribution in [0, 0.1) is 0 Å². The molecule has 0 spiro atoms. The summed E-state index contributed by atoms with van der Waals surface area (Å²) in [5.74, 6) is 0.314. The molecule has 2 aromatic carbocycles. The Bertz CT molecular complexity index is 1000. The van der Waals surface area contributed by atoms with Crippen molar-refractivity contribution in [2.75, 3.05) is 13.2 Å². The van der Waals surface area contributed by atoms with E-state index in [1.54, 1.807) is 24.3 Å². The van der Waals surface area contributed by atoms with Crippen LogP contribution in [0.15, 0.2) is 57.9 Å². The topological polar surface area (TPSA) is 75.7 Å². The second-order valence-corrected chi connectivity index (χ2v) is 10.9. The lowest BCUT2D eigenvalue weighted by atomic mass is 9.95. The van der Waals surface area contributed by atoms with Crippen molar-refractivity contribution in [3.05, 3.63) is 58.6 Å². The summed E-state index contributed by atoms with van der Waals surface area (Å²) in [5, 5.41) is 2.96. The number of halogens is 1. The first-order valence-corrected chi connectivity index (χ1v) is 13.3. The summed E-state index contributed by atoms with van der Waals surface area (Å²) in [7, 11) is -3.83.